The average molecular weight is 619 g/mol. The molecule has 10 heteroatoms. The number of ether oxygens (including phenoxy) is 1. The van der Waals surface area contributed by atoms with Gasteiger partial charge in [-0.3, -0.25) is 9.59 Å². The van der Waals surface area contributed by atoms with Crippen molar-refractivity contribution in [2.45, 2.75) is 51.9 Å². The number of carbonyl (C=O) groups excluding carboxylic acids is 3. The van der Waals surface area contributed by atoms with Crippen LogP contribution in [0.1, 0.15) is 57.4 Å². The van der Waals surface area contributed by atoms with Gasteiger partial charge in [-0.15, -0.1) is 0 Å². The Kier molecular flexibility index (Phi) is 9.33. The van der Waals surface area contributed by atoms with Crippen molar-refractivity contribution in [3.8, 4) is 5.75 Å². The summed E-state index contributed by atoms with van der Waals surface area (Å²) in [6.07, 6.45) is 3.47. The summed E-state index contributed by atoms with van der Waals surface area (Å²) in [6.45, 7) is 6.96. The molecule has 2 saturated heterocycles. The van der Waals surface area contributed by atoms with Gasteiger partial charge in [-0.1, -0.05) is 43.1 Å². The molecule has 0 radical (unpaired) electrons. The van der Waals surface area contributed by atoms with Gasteiger partial charge >= 0.3 is 6.09 Å². The van der Waals surface area contributed by atoms with Crippen LogP contribution in [0.25, 0.3) is 0 Å². The minimum atomic E-state index is -0.599. The fourth-order valence-corrected chi connectivity index (χ4v) is 6.59. The maximum absolute atomic E-state index is 13.7. The van der Waals surface area contributed by atoms with E-state index in [1.807, 2.05) is 28.9 Å². The lowest BCUT2D eigenvalue weighted by molar-refractivity contribution is -0.142. The Morgan fingerprint density at radius 1 is 1.02 bits per heavy atom. The minimum absolute atomic E-state index is 0.0776. The SMILES string of the molecule is CC(CNC(=O)Oc1ccc(F)cc1)C[C@@H]1CN(C(=O)C2CCN(C(=O)C3(C)CC3)CC2)C[C@H]1c1ccc(Cl)c(Cl)c1. The molecule has 42 heavy (non-hydrogen) atoms. The Balaban J connectivity index is 1.19. The van der Waals surface area contributed by atoms with Gasteiger partial charge in [0.15, 0.2) is 0 Å². The first-order valence-electron chi connectivity index (χ1n) is 14.8. The summed E-state index contributed by atoms with van der Waals surface area (Å²) in [5.41, 5.74) is 0.855. The number of benzene rings is 2. The average Bonchev–Trinajstić information content (AvgIpc) is 3.60. The van der Waals surface area contributed by atoms with E-state index in [0.717, 1.165) is 24.8 Å². The van der Waals surface area contributed by atoms with Crippen LogP contribution in [-0.2, 0) is 9.59 Å². The first-order valence-corrected chi connectivity index (χ1v) is 15.5. The van der Waals surface area contributed by atoms with Crippen LogP contribution in [0.5, 0.6) is 5.75 Å². The zero-order chi connectivity index (χ0) is 30.0. The molecule has 1 unspecified atom stereocenters. The van der Waals surface area contributed by atoms with Gasteiger partial charge in [-0.2, -0.15) is 0 Å². The number of hydrogen-bond donors (Lipinski definition) is 1. The van der Waals surface area contributed by atoms with E-state index in [2.05, 4.69) is 12.2 Å². The highest BCUT2D eigenvalue weighted by Gasteiger charge is 2.48. The Morgan fingerprint density at radius 2 is 1.71 bits per heavy atom. The Morgan fingerprint density at radius 3 is 2.36 bits per heavy atom. The van der Waals surface area contributed by atoms with Gasteiger partial charge in [0, 0.05) is 50.0 Å². The topological polar surface area (TPSA) is 79.0 Å². The Hall–Kier alpha value is -2.84. The molecular formula is C32H38Cl2FN3O4. The van der Waals surface area contributed by atoms with E-state index < -0.39 is 11.9 Å². The summed E-state index contributed by atoms with van der Waals surface area (Å²) < 4.78 is 18.4. The predicted molar refractivity (Wildman–Crippen MR) is 160 cm³/mol. The Bertz CT molecular complexity index is 1310. The van der Waals surface area contributed by atoms with Crippen molar-refractivity contribution in [1.29, 1.82) is 0 Å². The second kappa shape index (κ2) is 12.8. The molecule has 3 fully saturated rings. The molecule has 2 aromatic carbocycles. The molecule has 7 nitrogen and oxygen atoms in total. The van der Waals surface area contributed by atoms with Gasteiger partial charge in [0.05, 0.1) is 10.0 Å². The van der Waals surface area contributed by atoms with Crippen molar-refractivity contribution in [3.05, 3.63) is 63.9 Å². The van der Waals surface area contributed by atoms with Gasteiger partial charge in [0.25, 0.3) is 0 Å². The van der Waals surface area contributed by atoms with Crippen LogP contribution in [0.4, 0.5) is 9.18 Å². The van der Waals surface area contributed by atoms with Crippen molar-refractivity contribution in [2.24, 2.45) is 23.2 Å². The van der Waals surface area contributed by atoms with Crippen LogP contribution in [0.15, 0.2) is 42.5 Å². The molecule has 2 aliphatic heterocycles. The summed E-state index contributed by atoms with van der Waals surface area (Å²) in [5, 5.41) is 3.77. The molecule has 3 amide bonds. The van der Waals surface area contributed by atoms with Crippen molar-refractivity contribution in [3.63, 3.8) is 0 Å². The quantitative estimate of drug-likeness (QED) is 0.365. The molecule has 1 N–H and O–H groups in total. The lowest BCUT2D eigenvalue weighted by Gasteiger charge is -2.34. The summed E-state index contributed by atoms with van der Waals surface area (Å²) >= 11 is 12.6. The number of piperidine rings is 1. The largest absolute Gasteiger partial charge is 0.412 e. The maximum Gasteiger partial charge on any atom is 0.412 e. The van der Waals surface area contributed by atoms with E-state index in [4.69, 9.17) is 27.9 Å². The van der Waals surface area contributed by atoms with Crippen molar-refractivity contribution >= 4 is 41.1 Å². The number of likely N-dealkylation sites (tertiary alicyclic amines) is 2. The van der Waals surface area contributed by atoms with Gasteiger partial charge in [-0.25, -0.2) is 9.18 Å². The van der Waals surface area contributed by atoms with Crippen molar-refractivity contribution in [1.82, 2.24) is 15.1 Å². The standard InChI is InChI=1S/C32H38Cl2FN3O4/c1-20(17-36-31(41)42-25-6-4-24(35)5-7-25)15-23-18-38(19-26(23)22-3-8-27(33)28(34)16-22)29(39)21-9-13-37(14-10-21)30(40)32(2)11-12-32/h3-8,16,20-21,23,26H,9-15,17-19H2,1-2H3,(H,36,41)/t20?,23-,26+/m1/s1. The van der Waals surface area contributed by atoms with Crippen LogP contribution in [-0.4, -0.2) is 60.4 Å². The van der Waals surface area contributed by atoms with Crippen LogP contribution < -0.4 is 10.1 Å². The molecule has 1 saturated carbocycles. The monoisotopic (exact) mass is 617 g/mol. The first kappa shape index (κ1) is 30.6. The third-order valence-electron chi connectivity index (χ3n) is 9.10. The molecule has 0 spiro atoms. The van der Waals surface area contributed by atoms with E-state index in [0.29, 0.717) is 55.6 Å². The number of carbonyl (C=O) groups is 3. The molecule has 226 valence electrons. The number of nitrogens with one attached hydrogen (secondary N) is 1. The molecule has 2 aromatic rings. The maximum atomic E-state index is 13.7. The highest BCUT2D eigenvalue weighted by atomic mass is 35.5. The molecule has 2 heterocycles. The Labute approximate surface area is 256 Å². The smallest absolute Gasteiger partial charge is 0.410 e. The van der Waals surface area contributed by atoms with E-state index in [1.54, 1.807) is 6.07 Å². The van der Waals surface area contributed by atoms with Crippen LogP contribution in [0.3, 0.4) is 0 Å². The molecule has 0 aromatic heterocycles. The summed E-state index contributed by atoms with van der Waals surface area (Å²) in [6, 6.07) is 10.9. The van der Waals surface area contributed by atoms with Crippen LogP contribution in [0.2, 0.25) is 10.0 Å². The molecule has 0 bridgehead atoms. The summed E-state index contributed by atoms with van der Waals surface area (Å²) in [4.78, 5) is 42.7. The van der Waals surface area contributed by atoms with E-state index in [9.17, 15) is 18.8 Å². The summed E-state index contributed by atoms with van der Waals surface area (Å²) in [7, 11) is 0. The lowest BCUT2D eigenvalue weighted by atomic mass is 9.83. The number of amides is 3. The fourth-order valence-electron chi connectivity index (χ4n) is 6.28. The third-order valence-corrected chi connectivity index (χ3v) is 9.84. The first-order chi connectivity index (χ1) is 20.0. The van der Waals surface area contributed by atoms with Gasteiger partial charge in [0.1, 0.15) is 11.6 Å². The second-order valence-corrected chi connectivity index (χ2v) is 13.3. The molecular weight excluding hydrogens is 580 g/mol. The number of halogens is 3. The highest BCUT2D eigenvalue weighted by Crippen LogP contribution is 2.47. The van der Waals surface area contributed by atoms with Gasteiger partial charge in [-0.05, 0) is 85.9 Å². The fraction of sp³-hybridized carbons (Fsp3) is 0.531. The zero-order valence-electron chi connectivity index (χ0n) is 24.1. The second-order valence-electron chi connectivity index (χ2n) is 12.5. The number of hydrogen-bond acceptors (Lipinski definition) is 4. The van der Waals surface area contributed by atoms with E-state index in [1.165, 1.54) is 24.3 Å². The van der Waals surface area contributed by atoms with Crippen molar-refractivity contribution < 1.29 is 23.5 Å². The van der Waals surface area contributed by atoms with Crippen LogP contribution in [0, 0.1) is 29.0 Å². The molecule has 3 aliphatic rings. The minimum Gasteiger partial charge on any atom is -0.410 e. The number of rotatable bonds is 8. The molecule has 5 rings (SSSR count). The van der Waals surface area contributed by atoms with Crippen LogP contribution >= 0.6 is 23.2 Å². The highest BCUT2D eigenvalue weighted by molar-refractivity contribution is 6.42. The van der Waals surface area contributed by atoms with Gasteiger partial charge < -0.3 is 19.9 Å². The predicted octanol–water partition coefficient (Wildman–Crippen LogP) is 6.53. The molecule has 1 aliphatic carbocycles. The van der Waals surface area contributed by atoms with E-state index in [-0.39, 0.29) is 46.7 Å². The number of nitrogens with zero attached hydrogens (tertiary/aromatic N) is 2. The lowest BCUT2D eigenvalue weighted by Crippen LogP contribution is -2.45. The van der Waals surface area contributed by atoms with Crippen molar-refractivity contribution in [2.75, 3.05) is 32.7 Å². The normalized spacial score (nSPS) is 22.5. The van der Waals surface area contributed by atoms with Gasteiger partial charge in [0.2, 0.25) is 11.8 Å². The third kappa shape index (κ3) is 7.20. The van der Waals surface area contributed by atoms with E-state index >= 15 is 0 Å². The molecule has 3 atom stereocenters. The summed E-state index contributed by atoms with van der Waals surface area (Å²) in [5.74, 6) is 0.508. The zero-order valence-corrected chi connectivity index (χ0v) is 25.6.